The van der Waals surface area contributed by atoms with Gasteiger partial charge in [0.2, 0.25) is 0 Å². The van der Waals surface area contributed by atoms with Crippen LogP contribution in [0.4, 0.5) is 5.82 Å². The van der Waals surface area contributed by atoms with Crippen LogP contribution >= 0.6 is 0 Å². The number of piperidine rings is 1. The van der Waals surface area contributed by atoms with Crippen LogP contribution < -0.4 is 10.2 Å². The molecule has 0 aliphatic carbocycles. The summed E-state index contributed by atoms with van der Waals surface area (Å²) in [5.74, 6) is 1.87. The van der Waals surface area contributed by atoms with Gasteiger partial charge < -0.3 is 14.7 Å². The predicted octanol–water partition coefficient (Wildman–Crippen LogP) is 2.31. The molecule has 1 amide bonds. The summed E-state index contributed by atoms with van der Waals surface area (Å²) in [4.78, 5) is 23.7. The van der Waals surface area contributed by atoms with Crippen molar-refractivity contribution in [2.45, 2.75) is 46.6 Å². The van der Waals surface area contributed by atoms with E-state index in [9.17, 15) is 4.79 Å². The third kappa shape index (κ3) is 3.55. The Morgan fingerprint density at radius 2 is 1.96 bits per heavy atom. The SMILES string of the molecule is Cc1cc(N2CCCCC2)nc(CNC(=O)c2c(C)noc2C)n1. The first kappa shape index (κ1) is 16.4. The summed E-state index contributed by atoms with van der Waals surface area (Å²) < 4.78 is 5.04. The molecule has 2 aromatic heterocycles. The van der Waals surface area contributed by atoms with E-state index in [4.69, 9.17) is 4.52 Å². The number of nitrogens with zero attached hydrogens (tertiary/aromatic N) is 4. The van der Waals surface area contributed by atoms with Crippen molar-refractivity contribution in [3.05, 3.63) is 34.6 Å². The van der Waals surface area contributed by atoms with E-state index in [2.05, 4.69) is 25.3 Å². The van der Waals surface area contributed by atoms with Crippen molar-refractivity contribution >= 4 is 11.7 Å². The summed E-state index contributed by atoms with van der Waals surface area (Å²) in [6, 6.07) is 2.00. The molecule has 1 aliphatic heterocycles. The maximum Gasteiger partial charge on any atom is 0.257 e. The molecule has 3 heterocycles. The first-order chi connectivity index (χ1) is 11.5. The second-order valence-corrected chi connectivity index (χ2v) is 6.21. The van der Waals surface area contributed by atoms with Crippen molar-refractivity contribution in [3.63, 3.8) is 0 Å². The summed E-state index contributed by atoms with van der Waals surface area (Å²) in [5, 5.41) is 6.67. The van der Waals surface area contributed by atoms with Crippen LogP contribution in [0.2, 0.25) is 0 Å². The second-order valence-electron chi connectivity index (χ2n) is 6.21. The van der Waals surface area contributed by atoms with E-state index in [1.807, 2.05) is 13.0 Å². The zero-order valence-corrected chi connectivity index (χ0v) is 14.4. The van der Waals surface area contributed by atoms with Crippen molar-refractivity contribution in [2.24, 2.45) is 0 Å². The largest absolute Gasteiger partial charge is 0.361 e. The summed E-state index contributed by atoms with van der Waals surface area (Å²) in [6.07, 6.45) is 3.67. The van der Waals surface area contributed by atoms with E-state index in [0.29, 0.717) is 22.8 Å². The topological polar surface area (TPSA) is 84.2 Å². The molecule has 3 rings (SSSR count). The number of rotatable bonds is 4. The maximum atomic E-state index is 12.3. The first-order valence-corrected chi connectivity index (χ1v) is 8.35. The smallest absolute Gasteiger partial charge is 0.257 e. The van der Waals surface area contributed by atoms with Gasteiger partial charge in [0.1, 0.15) is 23.0 Å². The van der Waals surface area contributed by atoms with E-state index >= 15 is 0 Å². The minimum atomic E-state index is -0.212. The molecular formula is C17H23N5O2. The third-order valence-corrected chi connectivity index (χ3v) is 4.23. The molecule has 7 heteroatoms. The van der Waals surface area contributed by atoms with Gasteiger partial charge in [-0.3, -0.25) is 4.79 Å². The molecule has 2 aromatic rings. The number of hydrogen-bond donors (Lipinski definition) is 1. The number of carbonyl (C=O) groups excluding carboxylic acids is 1. The van der Waals surface area contributed by atoms with E-state index in [0.717, 1.165) is 24.6 Å². The van der Waals surface area contributed by atoms with Crippen LogP contribution in [0.3, 0.4) is 0 Å². The Hall–Kier alpha value is -2.44. The molecule has 0 spiro atoms. The fourth-order valence-corrected chi connectivity index (χ4v) is 3.03. The van der Waals surface area contributed by atoms with Gasteiger partial charge in [-0.15, -0.1) is 0 Å². The van der Waals surface area contributed by atoms with Gasteiger partial charge in [0.25, 0.3) is 5.91 Å². The predicted molar refractivity (Wildman–Crippen MR) is 90.0 cm³/mol. The van der Waals surface area contributed by atoms with Crippen LogP contribution in [-0.4, -0.2) is 34.1 Å². The third-order valence-electron chi connectivity index (χ3n) is 4.23. The highest BCUT2D eigenvalue weighted by molar-refractivity contribution is 5.95. The lowest BCUT2D eigenvalue weighted by atomic mass is 10.1. The Kier molecular flexibility index (Phi) is 4.78. The molecule has 0 bridgehead atoms. The van der Waals surface area contributed by atoms with Gasteiger partial charge in [-0.1, -0.05) is 5.16 Å². The molecule has 24 heavy (non-hydrogen) atoms. The van der Waals surface area contributed by atoms with Crippen LogP contribution in [0, 0.1) is 20.8 Å². The molecule has 0 aromatic carbocycles. The quantitative estimate of drug-likeness (QED) is 0.926. The molecule has 0 unspecified atom stereocenters. The Morgan fingerprint density at radius 1 is 1.21 bits per heavy atom. The minimum absolute atomic E-state index is 0.212. The summed E-state index contributed by atoms with van der Waals surface area (Å²) in [5.41, 5.74) is 1.98. The number of hydrogen-bond acceptors (Lipinski definition) is 6. The van der Waals surface area contributed by atoms with Gasteiger partial charge in [-0.05, 0) is 40.0 Å². The Bertz CT molecular complexity index is 715. The van der Waals surface area contributed by atoms with Crippen LogP contribution in [-0.2, 0) is 6.54 Å². The number of carbonyl (C=O) groups is 1. The van der Waals surface area contributed by atoms with Gasteiger partial charge in [0.15, 0.2) is 0 Å². The van der Waals surface area contributed by atoms with Crippen LogP contribution in [0.5, 0.6) is 0 Å². The molecular weight excluding hydrogens is 306 g/mol. The molecule has 1 aliphatic rings. The van der Waals surface area contributed by atoms with Gasteiger partial charge >= 0.3 is 0 Å². The molecule has 1 saturated heterocycles. The standard InChI is InChI=1S/C17H23N5O2/c1-11-9-15(22-7-5-4-6-8-22)20-14(19-11)10-18-17(23)16-12(2)21-24-13(16)3/h9H,4-8,10H2,1-3H3,(H,18,23). The Balaban J connectivity index is 1.71. The molecule has 0 radical (unpaired) electrons. The van der Waals surface area contributed by atoms with Crippen molar-refractivity contribution in [1.29, 1.82) is 0 Å². The normalized spacial score (nSPS) is 14.7. The van der Waals surface area contributed by atoms with Crippen molar-refractivity contribution in [3.8, 4) is 0 Å². The number of aromatic nitrogens is 3. The summed E-state index contributed by atoms with van der Waals surface area (Å²) in [6.45, 7) is 7.78. The van der Waals surface area contributed by atoms with Gasteiger partial charge in [0, 0.05) is 24.8 Å². The van der Waals surface area contributed by atoms with Gasteiger partial charge in [0.05, 0.1) is 12.2 Å². The van der Waals surface area contributed by atoms with Gasteiger partial charge in [-0.2, -0.15) is 0 Å². The molecule has 1 N–H and O–H groups in total. The number of anilines is 1. The lowest BCUT2D eigenvalue weighted by molar-refractivity contribution is 0.0948. The number of nitrogens with one attached hydrogen (secondary N) is 1. The average molecular weight is 329 g/mol. The fourth-order valence-electron chi connectivity index (χ4n) is 3.03. The Labute approximate surface area is 141 Å². The molecule has 7 nitrogen and oxygen atoms in total. The van der Waals surface area contributed by atoms with E-state index in [1.54, 1.807) is 13.8 Å². The fraction of sp³-hybridized carbons (Fsp3) is 0.529. The van der Waals surface area contributed by atoms with Crippen molar-refractivity contribution in [1.82, 2.24) is 20.4 Å². The van der Waals surface area contributed by atoms with Crippen LogP contribution in [0.25, 0.3) is 0 Å². The van der Waals surface area contributed by atoms with E-state index < -0.39 is 0 Å². The number of amides is 1. The Morgan fingerprint density at radius 3 is 2.62 bits per heavy atom. The molecule has 128 valence electrons. The lowest BCUT2D eigenvalue weighted by Gasteiger charge is -2.28. The van der Waals surface area contributed by atoms with Crippen LogP contribution in [0.15, 0.2) is 10.6 Å². The van der Waals surface area contributed by atoms with E-state index in [1.165, 1.54) is 19.3 Å². The lowest BCUT2D eigenvalue weighted by Crippen LogP contribution is -2.31. The summed E-state index contributed by atoms with van der Waals surface area (Å²) in [7, 11) is 0. The highest BCUT2D eigenvalue weighted by atomic mass is 16.5. The van der Waals surface area contributed by atoms with Crippen LogP contribution in [0.1, 0.15) is 52.6 Å². The minimum Gasteiger partial charge on any atom is -0.361 e. The average Bonchev–Trinajstić information content (AvgIpc) is 2.92. The molecule has 1 fully saturated rings. The maximum absolute atomic E-state index is 12.3. The van der Waals surface area contributed by atoms with E-state index in [-0.39, 0.29) is 12.5 Å². The molecule has 0 atom stereocenters. The van der Waals surface area contributed by atoms with Crippen molar-refractivity contribution < 1.29 is 9.32 Å². The first-order valence-electron chi connectivity index (χ1n) is 8.35. The highest BCUT2D eigenvalue weighted by Crippen LogP contribution is 2.18. The zero-order chi connectivity index (χ0) is 17.1. The monoisotopic (exact) mass is 329 g/mol. The second kappa shape index (κ2) is 6.98. The summed E-state index contributed by atoms with van der Waals surface area (Å²) >= 11 is 0. The molecule has 0 saturated carbocycles. The highest BCUT2D eigenvalue weighted by Gasteiger charge is 2.18. The van der Waals surface area contributed by atoms with Gasteiger partial charge in [-0.25, -0.2) is 9.97 Å². The van der Waals surface area contributed by atoms with Crippen molar-refractivity contribution in [2.75, 3.05) is 18.0 Å². The number of aryl methyl sites for hydroxylation is 3. The zero-order valence-electron chi connectivity index (χ0n) is 14.4.